The molecular weight excluding hydrogens is 340 g/mol. The summed E-state index contributed by atoms with van der Waals surface area (Å²) in [5.41, 5.74) is 2.07. The molecule has 1 saturated heterocycles. The molecule has 0 saturated carbocycles. The smallest absolute Gasteiger partial charge is 0.261 e. The Morgan fingerprint density at radius 1 is 0.926 bits per heavy atom. The van der Waals surface area contributed by atoms with Gasteiger partial charge in [-0.3, -0.25) is 24.2 Å². The molecule has 2 aliphatic rings. The summed E-state index contributed by atoms with van der Waals surface area (Å²) in [6.07, 6.45) is 0.875. The molecule has 2 amide bonds. The van der Waals surface area contributed by atoms with Gasteiger partial charge in [0.1, 0.15) is 5.78 Å². The van der Waals surface area contributed by atoms with E-state index in [1.54, 1.807) is 24.3 Å². The van der Waals surface area contributed by atoms with Crippen LogP contribution in [0.2, 0.25) is 0 Å². The van der Waals surface area contributed by atoms with E-state index in [9.17, 15) is 14.4 Å². The molecule has 0 unspecified atom stereocenters. The summed E-state index contributed by atoms with van der Waals surface area (Å²) >= 11 is 0. The molecule has 2 heterocycles. The number of piperidine rings is 1. The Labute approximate surface area is 158 Å². The molecule has 0 N–H and O–H groups in total. The summed E-state index contributed by atoms with van der Waals surface area (Å²) in [6, 6.07) is 17.0. The van der Waals surface area contributed by atoms with Crippen LogP contribution >= 0.6 is 0 Å². The summed E-state index contributed by atoms with van der Waals surface area (Å²) in [6.45, 7) is 3.00. The van der Waals surface area contributed by atoms with E-state index in [0.29, 0.717) is 30.5 Å². The minimum atomic E-state index is -0.263. The second-order valence-corrected chi connectivity index (χ2v) is 7.24. The van der Waals surface area contributed by atoms with Gasteiger partial charge in [-0.25, -0.2) is 0 Å². The van der Waals surface area contributed by atoms with Crippen molar-refractivity contribution in [3.63, 3.8) is 0 Å². The van der Waals surface area contributed by atoms with Gasteiger partial charge in [-0.1, -0.05) is 42.5 Å². The van der Waals surface area contributed by atoms with Crippen LogP contribution in [0.15, 0.2) is 54.6 Å². The molecule has 0 radical (unpaired) electrons. The van der Waals surface area contributed by atoms with Crippen LogP contribution in [0.5, 0.6) is 0 Å². The van der Waals surface area contributed by atoms with Gasteiger partial charge in [0.25, 0.3) is 11.8 Å². The van der Waals surface area contributed by atoms with Crippen molar-refractivity contribution in [3.8, 4) is 0 Å². The van der Waals surface area contributed by atoms with E-state index in [4.69, 9.17) is 0 Å². The second kappa shape index (κ2) is 7.08. The van der Waals surface area contributed by atoms with E-state index in [1.807, 2.05) is 18.2 Å². The van der Waals surface area contributed by atoms with Crippen molar-refractivity contribution in [2.75, 3.05) is 13.1 Å². The summed E-state index contributed by atoms with van der Waals surface area (Å²) < 4.78 is 0. The zero-order chi connectivity index (χ0) is 19.0. The number of hydrogen-bond acceptors (Lipinski definition) is 4. The minimum Gasteiger partial charge on any atom is -0.300 e. The lowest BCUT2D eigenvalue weighted by molar-refractivity contribution is -0.124. The predicted molar refractivity (Wildman–Crippen MR) is 101 cm³/mol. The number of fused-ring (bicyclic) bond motifs is 1. The van der Waals surface area contributed by atoms with Crippen molar-refractivity contribution in [1.29, 1.82) is 0 Å². The fraction of sp³-hybridized carbons (Fsp3) is 0.318. The molecule has 0 spiro atoms. The first-order valence-corrected chi connectivity index (χ1v) is 9.34. The van der Waals surface area contributed by atoms with Gasteiger partial charge >= 0.3 is 0 Å². The highest BCUT2D eigenvalue weighted by atomic mass is 16.2. The highest BCUT2D eigenvalue weighted by molar-refractivity contribution is 6.21. The van der Waals surface area contributed by atoms with Crippen LogP contribution in [-0.4, -0.2) is 46.5 Å². The maximum atomic E-state index is 12.7. The molecule has 5 heteroatoms. The SMILES string of the molecule is C[C@@H](c1ccccc1)N1CCC(=O)C[C@H]1CN1C(=O)c2ccccc2C1=O. The van der Waals surface area contributed by atoms with Crippen LogP contribution < -0.4 is 0 Å². The second-order valence-electron chi connectivity index (χ2n) is 7.24. The molecular formula is C22H22N2O3. The number of Topliss-reactive ketones (excluding diaryl/α,β-unsaturated/α-hetero) is 1. The molecule has 0 bridgehead atoms. The summed E-state index contributed by atoms with van der Waals surface area (Å²) in [7, 11) is 0. The number of benzene rings is 2. The van der Waals surface area contributed by atoms with Crippen molar-refractivity contribution in [3.05, 3.63) is 71.3 Å². The molecule has 4 rings (SSSR count). The maximum Gasteiger partial charge on any atom is 0.261 e. The maximum absolute atomic E-state index is 12.7. The van der Waals surface area contributed by atoms with Crippen LogP contribution in [0, 0.1) is 0 Å². The first-order chi connectivity index (χ1) is 13.1. The Hall–Kier alpha value is -2.79. The monoisotopic (exact) mass is 362 g/mol. The fourth-order valence-electron chi connectivity index (χ4n) is 4.14. The lowest BCUT2D eigenvalue weighted by atomic mass is 9.96. The zero-order valence-corrected chi connectivity index (χ0v) is 15.3. The van der Waals surface area contributed by atoms with Crippen LogP contribution in [-0.2, 0) is 4.79 Å². The van der Waals surface area contributed by atoms with Gasteiger partial charge in [0.05, 0.1) is 11.1 Å². The highest BCUT2D eigenvalue weighted by Crippen LogP contribution is 2.30. The summed E-state index contributed by atoms with van der Waals surface area (Å²) in [5, 5.41) is 0. The molecule has 2 atom stereocenters. The number of rotatable bonds is 4. The number of ketones is 1. The van der Waals surface area contributed by atoms with Gasteiger partial charge in [-0.2, -0.15) is 0 Å². The van der Waals surface area contributed by atoms with Crippen molar-refractivity contribution < 1.29 is 14.4 Å². The van der Waals surface area contributed by atoms with Crippen LogP contribution in [0.1, 0.15) is 52.1 Å². The zero-order valence-electron chi connectivity index (χ0n) is 15.3. The summed E-state index contributed by atoms with van der Waals surface area (Å²) in [5.74, 6) is -0.338. The average Bonchev–Trinajstić information content (AvgIpc) is 2.94. The molecule has 2 aliphatic heterocycles. The molecule has 0 aromatic heterocycles. The molecule has 27 heavy (non-hydrogen) atoms. The average molecular weight is 362 g/mol. The van der Waals surface area contributed by atoms with E-state index < -0.39 is 0 Å². The number of carbonyl (C=O) groups excluding carboxylic acids is 3. The van der Waals surface area contributed by atoms with E-state index in [2.05, 4.69) is 24.0 Å². The van der Waals surface area contributed by atoms with E-state index in [0.717, 1.165) is 0 Å². The molecule has 5 nitrogen and oxygen atoms in total. The number of hydrogen-bond donors (Lipinski definition) is 0. The Morgan fingerprint density at radius 3 is 2.15 bits per heavy atom. The first-order valence-electron chi connectivity index (χ1n) is 9.34. The Bertz CT molecular complexity index is 858. The Kier molecular flexibility index (Phi) is 4.62. The quantitative estimate of drug-likeness (QED) is 0.785. The number of amides is 2. The van der Waals surface area contributed by atoms with Crippen molar-refractivity contribution in [1.82, 2.24) is 9.80 Å². The fourth-order valence-corrected chi connectivity index (χ4v) is 4.14. The highest BCUT2D eigenvalue weighted by Gasteiger charge is 2.39. The number of imide groups is 1. The third kappa shape index (κ3) is 3.19. The number of nitrogens with zero attached hydrogens (tertiary/aromatic N) is 2. The van der Waals surface area contributed by atoms with Crippen molar-refractivity contribution in [2.24, 2.45) is 0 Å². The van der Waals surface area contributed by atoms with Gasteiger partial charge in [0, 0.05) is 38.0 Å². The largest absolute Gasteiger partial charge is 0.300 e. The van der Waals surface area contributed by atoms with Gasteiger partial charge in [-0.15, -0.1) is 0 Å². The molecule has 138 valence electrons. The molecule has 0 aliphatic carbocycles. The van der Waals surface area contributed by atoms with Gasteiger partial charge in [-0.05, 0) is 24.6 Å². The van der Waals surface area contributed by atoms with Crippen LogP contribution in [0.25, 0.3) is 0 Å². The standard InChI is InChI=1S/C22H22N2O3/c1-15(16-7-3-2-4-8-16)23-12-11-18(25)13-17(23)14-24-21(26)19-9-5-6-10-20(19)22(24)27/h2-10,15,17H,11-14H2,1H3/t15-,17-/m0/s1. The van der Waals surface area contributed by atoms with Gasteiger partial charge < -0.3 is 0 Å². The third-order valence-electron chi connectivity index (χ3n) is 5.63. The van der Waals surface area contributed by atoms with E-state index >= 15 is 0 Å². The molecule has 2 aromatic rings. The van der Waals surface area contributed by atoms with Crippen molar-refractivity contribution >= 4 is 17.6 Å². The Balaban J connectivity index is 1.58. The van der Waals surface area contributed by atoms with Crippen LogP contribution in [0.4, 0.5) is 0 Å². The number of carbonyl (C=O) groups is 3. The minimum absolute atomic E-state index is 0.111. The van der Waals surface area contributed by atoms with Crippen LogP contribution in [0.3, 0.4) is 0 Å². The molecule has 1 fully saturated rings. The Morgan fingerprint density at radius 2 is 1.52 bits per heavy atom. The molecule has 2 aromatic carbocycles. The third-order valence-corrected chi connectivity index (χ3v) is 5.63. The van der Waals surface area contributed by atoms with Gasteiger partial charge in [0.15, 0.2) is 0 Å². The first kappa shape index (κ1) is 17.6. The predicted octanol–water partition coefficient (Wildman–Crippen LogP) is 3.08. The van der Waals surface area contributed by atoms with Crippen molar-refractivity contribution in [2.45, 2.75) is 31.8 Å². The lowest BCUT2D eigenvalue weighted by Crippen LogP contribution is -2.51. The van der Waals surface area contributed by atoms with Gasteiger partial charge in [0.2, 0.25) is 0 Å². The summed E-state index contributed by atoms with van der Waals surface area (Å²) in [4.78, 5) is 41.1. The van der Waals surface area contributed by atoms with E-state index in [-0.39, 0.29) is 36.2 Å². The van der Waals surface area contributed by atoms with E-state index in [1.165, 1.54) is 10.5 Å². The number of likely N-dealkylation sites (tertiary alicyclic amines) is 1. The normalized spacial score (nSPS) is 21.4. The lowest BCUT2D eigenvalue weighted by Gasteiger charge is -2.40. The topological polar surface area (TPSA) is 57.7 Å².